The van der Waals surface area contributed by atoms with Crippen molar-refractivity contribution in [3.8, 4) is 22.9 Å². The minimum atomic E-state index is 0.0462. The minimum Gasteiger partial charge on any atom is -0.299 e. The molecule has 0 spiro atoms. The summed E-state index contributed by atoms with van der Waals surface area (Å²) in [6.45, 7) is 10.9. The minimum absolute atomic E-state index is 0.0462. The summed E-state index contributed by atoms with van der Waals surface area (Å²) < 4.78 is 1.89. The first-order valence-corrected chi connectivity index (χ1v) is 11.6. The van der Waals surface area contributed by atoms with E-state index in [2.05, 4.69) is 44.7 Å². The first-order chi connectivity index (χ1) is 15.5. The highest BCUT2D eigenvalue weighted by atomic mass is 16.1. The standard InChI is InChI=1S/C28H33N3O/c1-5-8-14-23-18-21(4)26(20-30(6-2)7-3)28(32)31(23)27-17-12-11-16-25(27)24-15-10-9-13-22(24)19-29/h9-13,15-18H,5-8,14,20H2,1-4H3. The summed E-state index contributed by atoms with van der Waals surface area (Å²) in [5, 5.41) is 9.68. The summed E-state index contributed by atoms with van der Waals surface area (Å²) in [6, 6.07) is 20.0. The van der Waals surface area contributed by atoms with Gasteiger partial charge in [-0.1, -0.05) is 63.6 Å². The number of unbranched alkanes of at least 4 members (excludes halogenated alkanes) is 1. The van der Waals surface area contributed by atoms with Gasteiger partial charge in [0.15, 0.2) is 0 Å². The Bertz CT molecular complexity index is 1170. The van der Waals surface area contributed by atoms with Crippen LogP contribution in [0.4, 0.5) is 0 Å². The van der Waals surface area contributed by atoms with Crippen LogP contribution in [-0.4, -0.2) is 22.6 Å². The van der Waals surface area contributed by atoms with Crippen molar-refractivity contribution in [2.45, 2.75) is 53.5 Å². The van der Waals surface area contributed by atoms with Crippen molar-refractivity contribution in [3.05, 3.63) is 87.3 Å². The van der Waals surface area contributed by atoms with Gasteiger partial charge >= 0.3 is 0 Å². The number of pyridine rings is 1. The molecule has 4 heteroatoms. The Labute approximate surface area is 191 Å². The molecule has 0 aliphatic heterocycles. The summed E-state index contributed by atoms with van der Waals surface area (Å²) in [4.78, 5) is 16.2. The molecule has 32 heavy (non-hydrogen) atoms. The fourth-order valence-corrected chi connectivity index (χ4v) is 4.22. The van der Waals surface area contributed by atoms with Gasteiger partial charge in [0.05, 0.1) is 17.3 Å². The maximum atomic E-state index is 14.0. The van der Waals surface area contributed by atoms with E-state index >= 15 is 0 Å². The molecule has 0 saturated carbocycles. The monoisotopic (exact) mass is 427 g/mol. The van der Waals surface area contributed by atoms with Crippen LogP contribution in [0, 0.1) is 18.3 Å². The molecule has 0 atom stereocenters. The summed E-state index contributed by atoms with van der Waals surface area (Å²) in [5.41, 5.74) is 6.18. The van der Waals surface area contributed by atoms with Crippen LogP contribution in [-0.2, 0) is 13.0 Å². The molecule has 0 radical (unpaired) electrons. The molecule has 3 rings (SSSR count). The quantitative estimate of drug-likeness (QED) is 0.429. The third kappa shape index (κ3) is 4.84. The lowest BCUT2D eigenvalue weighted by atomic mass is 9.97. The van der Waals surface area contributed by atoms with Crippen LogP contribution in [0.5, 0.6) is 0 Å². The lowest BCUT2D eigenvalue weighted by Gasteiger charge is -2.23. The number of aromatic nitrogens is 1. The predicted octanol–water partition coefficient (Wildman–Crippen LogP) is 5.87. The van der Waals surface area contributed by atoms with Gasteiger partial charge in [-0.2, -0.15) is 5.26 Å². The Morgan fingerprint density at radius 2 is 1.62 bits per heavy atom. The molecule has 1 aromatic heterocycles. The van der Waals surface area contributed by atoms with E-state index in [0.29, 0.717) is 12.1 Å². The van der Waals surface area contributed by atoms with Crippen molar-refractivity contribution >= 4 is 0 Å². The first-order valence-electron chi connectivity index (χ1n) is 11.6. The van der Waals surface area contributed by atoms with Gasteiger partial charge in [-0.15, -0.1) is 0 Å². The second-order valence-electron chi connectivity index (χ2n) is 8.18. The number of rotatable bonds is 9. The van der Waals surface area contributed by atoms with Crippen molar-refractivity contribution < 1.29 is 0 Å². The van der Waals surface area contributed by atoms with Gasteiger partial charge in [0.1, 0.15) is 0 Å². The Morgan fingerprint density at radius 3 is 2.28 bits per heavy atom. The molecule has 0 bridgehead atoms. The van der Waals surface area contributed by atoms with Crippen LogP contribution in [0.1, 0.15) is 56.0 Å². The van der Waals surface area contributed by atoms with E-state index in [1.165, 1.54) is 0 Å². The van der Waals surface area contributed by atoms with Gasteiger partial charge in [0.25, 0.3) is 5.56 Å². The second-order valence-corrected chi connectivity index (χ2v) is 8.18. The highest BCUT2D eigenvalue weighted by Crippen LogP contribution is 2.30. The van der Waals surface area contributed by atoms with Gasteiger partial charge in [-0.25, -0.2) is 0 Å². The molecule has 1 heterocycles. The smallest absolute Gasteiger partial charge is 0.260 e. The zero-order chi connectivity index (χ0) is 23.1. The molecule has 4 nitrogen and oxygen atoms in total. The number of nitrogens with zero attached hydrogens (tertiary/aromatic N) is 3. The molecule has 0 fully saturated rings. The van der Waals surface area contributed by atoms with Crippen molar-refractivity contribution in [1.82, 2.24) is 9.47 Å². The van der Waals surface area contributed by atoms with Crippen LogP contribution in [0.25, 0.3) is 16.8 Å². The zero-order valence-electron chi connectivity index (χ0n) is 19.7. The Balaban J connectivity index is 2.30. The van der Waals surface area contributed by atoms with Crippen LogP contribution in [0.2, 0.25) is 0 Å². The van der Waals surface area contributed by atoms with Gasteiger partial charge < -0.3 is 0 Å². The van der Waals surface area contributed by atoms with E-state index in [4.69, 9.17) is 0 Å². The summed E-state index contributed by atoms with van der Waals surface area (Å²) in [5.74, 6) is 0. The zero-order valence-corrected chi connectivity index (χ0v) is 19.7. The van der Waals surface area contributed by atoms with E-state index in [-0.39, 0.29) is 5.56 Å². The molecule has 0 saturated heterocycles. The molecule has 0 unspecified atom stereocenters. The average Bonchev–Trinajstić information content (AvgIpc) is 2.82. The normalized spacial score (nSPS) is 11.0. The Morgan fingerprint density at radius 1 is 0.969 bits per heavy atom. The number of nitriles is 1. The number of para-hydroxylation sites is 1. The topological polar surface area (TPSA) is 49.0 Å². The van der Waals surface area contributed by atoms with E-state index in [1.54, 1.807) is 0 Å². The van der Waals surface area contributed by atoms with E-state index in [9.17, 15) is 10.1 Å². The van der Waals surface area contributed by atoms with Crippen molar-refractivity contribution in [2.24, 2.45) is 0 Å². The predicted molar refractivity (Wildman–Crippen MR) is 132 cm³/mol. The largest absolute Gasteiger partial charge is 0.299 e. The number of aryl methyl sites for hydroxylation is 2. The molecule has 3 aromatic rings. The summed E-state index contributed by atoms with van der Waals surface area (Å²) in [6.07, 6.45) is 2.92. The van der Waals surface area contributed by atoms with Gasteiger partial charge in [0, 0.05) is 28.9 Å². The molecular formula is C28H33N3O. The lowest BCUT2D eigenvalue weighted by molar-refractivity contribution is 0.293. The number of hydrogen-bond donors (Lipinski definition) is 0. The first kappa shape index (κ1) is 23.5. The number of benzene rings is 2. The fourth-order valence-electron chi connectivity index (χ4n) is 4.22. The highest BCUT2D eigenvalue weighted by molar-refractivity contribution is 5.77. The Hall–Kier alpha value is -3.16. The van der Waals surface area contributed by atoms with Crippen molar-refractivity contribution in [1.29, 1.82) is 5.26 Å². The maximum Gasteiger partial charge on any atom is 0.260 e. The maximum absolute atomic E-state index is 14.0. The van der Waals surface area contributed by atoms with Crippen LogP contribution < -0.4 is 5.56 Å². The van der Waals surface area contributed by atoms with Crippen LogP contribution in [0.15, 0.2) is 59.4 Å². The molecule has 0 aliphatic carbocycles. The summed E-state index contributed by atoms with van der Waals surface area (Å²) >= 11 is 0. The Kier molecular flexibility index (Phi) is 8.03. The summed E-state index contributed by atoms with van der Waals surface area (Å²) in [7, 11) is 0. The van der Waals surface area contributed by atoms with Gasteiger partial charge in [-0.3, -0.25) is 14.3 Å². The molecular weight excluding hydrogens is 394 g/mol. The molecule has 0 aliphatic rings. The fraction of sp³-hybridized carbons (Fsp3) is 0.357. The third-order valence-corrected chi connectivity index (χ3v) is 6.15. The molecule has 166 valence electrons. The van der Waals surface area contributed by atoms with Crippen LogP contribution >= 0.6 is 0 Å². The van der Waals surface area contributed by atoms with Gasteiger partial charge in [0.2, 0.25) is 0 Å². The van der Waals surface area contributed by atoms with E-state index < -0.39 is 0 Å². The molecule has 0 N–H and O–H groups in total. The molecule has 0 amide bonds. The number of hydrogen-bond acceptors (Lipinski definition) is 3. The second kappa shape index (κ2) is 10.9. The lowest BCUT2D eigenvalue weighted by Crippen LogP contribution is -2.32. The van der Waals surface area contributed by atoms with E-state index in [0.717, 1.165) is 66.0 Å². The van der Waals surface area contributed by atoms with Crippen molar-refractivity contribution in [3.63, 3.8) is 0 Å². The highest BCUT2D eigenvalue weighted by Gasteiger charge is 2.19. The molecule has 2 aromatic carbocycles. The van der Waals surface area contributed by atoms with Crippen molar-refractivity contribution in [2.75, 3.05) is 13.1 Å². The van der Waals surface area contributed by atoms with Gasteiger partial charge in [-0.05, 0) is 56.6 Å². The SMILES string of the molecule is CCCCc1cc(C)c(CN(CC)CC)c(=O)n1-c1ccccc1-c1ccccc1C#N. The average molecular weight is 428 g/mol. The third-order valence-electron chi connectivity index (χ3n) is 6.15. The van der Waals surface area contributed by atoms with Crippen LogP contribution in [0.3, 0.4) is 0 Å². The van der Waals surface area contributed by atoms with E-state index in [1.807, 2.05) is 53.1 Å².